The SMILES string of the molecule is C[C@H](N)C(=O)NC1CCCC(N)C1. The molecule has 1 saturated carbocycles. The van der Waals surface area contributed by atoms with Crippen molar-refractivity contribution in [2.45, 2.75) is 50.7 Å². The molecule has 2 unspecified atom stereocenters. The molecule has 1 amide bonds. The van der Waals surface area contributed by atoms with E-state index in [0.29, 0.717) is 0 Å². The fourth-order valence-corrected chi connectivity index (χ4v) is 1.69. The minimum atomic E-state index is -0.418. The van der Waals surface area contributed by atoms with Crippen LogP contribution in [-0.4, -0.2) is 24.0 Å². The Morgan fingerprint density at radius 3 is 2.77 bits per heavy atom. The summed E-state index contributed by atoms with van der Waals surface area (Å²) < 4.78 is 0. The molecule has 0 bridgehead atoms. The molecule has 1 aliphatic carbocycles. The Kier molecular flexibility index (Phi) is 3.69. The molecule has 0 saturated heterocycles. The van der Waals surface area contributed by atoms with Gasteiger partial charge in [-0.2, -0.15) is 0 Å². The molecule has 0 spiro atoms. The molecule has 1 fully saturated rings. The Morgan fingerprint density at radius 2 is 2.23 bits per heavy atom. The zero-order valence-electron chi connectivity index (χ0n) is 8.12. The van der Waals surface area contributed by atoms with Gasteiger partial charge in [-0.25, -0.2) is 0 Å². The second kappa shape index (κ2) is 4.58. The molecule has 0 aromatic carbocycles. The summed E-state index contributed by atoms with van der Waals surface area (Å²) in [5.41, 5.74) is 11.2. The molecule has 5 N–H and O–H groups in total. The summed E-state index contributed by atoms with van der Waals surface area (Å²) in [5.74, 6) is -0.0703. The van der Waals surface area contributed by atoms with E-state index in [0.717, 1.165) is 25.7 Å². The maximum absolute atomic E-state index is 11.2. The van der Waals surface area contributed by atoms with Gasteiger partial charge < -0.3 is 16.8 Å². The van der Waals surface area contributed by atoms with E-state index in [2.05, 4.69) is 5.32 Å². The standard InChI is InChI=1S/C9H19N3O/c1-6(10)9(13)12-8-4-2-3-7(11)5-8/h6-8H,2-5,10-11H2,1H3,(H,12,13)/t6-,7?,8?/m0/s1. The van der Waals surface area contributed by atoms with Crippen LogP contribution in [0.1, 0.15) is 32.6 Å². The van der Waals surface area contributed by atoms with Crippen LogP contribution in [0.2, 0.25) is 0 Å². The van der Waals surface area contributed by atoms with Gasteiger partial charge in [0.25, 0.3) is 0 Å². The van der Waals surface area contributed by atoms with Crippen LogP contribution >= 0.6 is 0 Å². The molecule has 0 radical (unpaired) electrons. The Bertz CT molecular complexity index is 182. The largest absolute Gasteiger partial charge is 0.352 e. The number of carbonyl (C=O) groups is 1. The Balaban J connectivity index is 2.31. The lowest BCUT2D eigenvalue weighted by atomic mass is 9.91. The van der Waals surface area contributed by atoms with Crippen LogP contribution in [0.4, 0.5) is 0 Å². The highest BCUT2D eigenvalue weighted by molar-refractivity contribution is 5.81. The van der Waals surface area contributed by atoms with Gasteiger partial charge in [0.05, 0.1) is 6.04 Å². The van der Waals surface area contributed by atoms with Crippen molar-refractivity contribution in [1.82, 2.24) is 5.32 Å². The van der Waals surface area contributed by atoms with Crippen LogP contribution in [-0.2, 0) is 4.79 Å². The van der Waals surface area contributed by atoms with Crippen molar-refractivity contribution in [2.24, 2.45) is 11.5 Å². The maximum atomic E-state index is 11.2. The number of rotatable bonds is 2. The summed E-state index contributed by atoms with van der Waals surface area (Å²) >= 11 is 0. The molecule has 4 heteroatoms. The van der Waals surface area contributed by atoms with Crippen LogP contribution in [0.3, 0.4) is 0 Å². The molecular formula is C9H19N3O. The third-order valence-electron chi connectivity index (χ3n) is 2.47. The van der Waals surface area contributed by atoms with Gasteiger partial charge in [0, 0.05) is 12.1 Å². The smallest absolute Gasteiger partial charge is 0.236 e. The molecule has 1 aliphatic rings. The maximum Gasteiger partial charge on any atom is 0.236 e. The highest BCUT2D eigenvalue weighted by atomic mass is 16.2. The van der Waals surface area contributed by atoms with Crippen molar-refractivity contribution in [3.8, 4) is 0 Å². The predicted octanol–water partition coefficient (Wildman–Crippen LogP) is -0.280. The number of nitrogens with two attached hydrogens (primary N) is 2. The fraction of sp³-hybridized carbons (Fsp3) is 0.889. The molecule has 4 nitrogen and oxygen atoms in total. The molecule has 0 aliphatic heterocycles. The topological polar surface area (TPSA) is 81.1 Å². The summed E-state index contributed by atoms with van der Waals surface area (Å²) in [6, 6.07) is 0.0625. The minimum Gasteiger partial charge on any atom is -0.352 e. The first-order valence-corrected chi connectivity index (χ1v) is 4.91. The highest BCUT2D eigenvalue weighted by Crippen LogP contribution is 2.16. The number of hydrogen-bond donors (Lipinski definition) is 3. The number of amides is 1. The van der Waals surface area contributed by atoms with Gasteiger partial charge in [-0.3, -0.25) is 4.79 Å². The molecule has 13 heavy (non-hydrogen) atoms. The third-order valence-corrected chi connectivity index (χ3v) is 2.47. The van der Waals surface area contributed by atoms with Crippen molar-refractivity contribution in [3.05, 3.63) is 0 Å². The Labute approximate surface area is 79.0 Å². The van der Waals surface area contributed by atoms with E-state index >= 15 is 0 Å². The van der Waals surface area contributed by atoms with E-state index in [1.807, 2.05) is 0 Å². The first-order valence-electron chi connectivity index (χ1n) is 4.91. The summed E-state index contributed by atoms with van der Waals surface area (Å²) in [5, 5.41) is 2.90. The minimum absolute atomic E-state index is 0.0703. The predicted molar refractivity (Wildman–Crippen MR) is 52.0 cm³/mol. The van der Waals surface area contributed by atoms with Crippen molar-refractivity contribution in [2.75, 3.05) is 0 Å². The monoisotopic (exact) mass is 185 g/mol. The lowest BCUT2D eigenvalue weighted by Crippen LogP contribution is -2.47. The first kappa shape index (κ1) is 10.5. The van der Waals surface area contributed by atoms with Gasteiger partial charge in [0.1, 0.15) is 0 Å². The Hall–Kier alpha value is -0.610. The summed E-state index contributed by atoms with van der Waals surface area (Å²) in [7, 11) is 0. The van der Waals surface area contributed by atoms with Crippen LogP contribution in [0, 0.1) is 0 Å². The molecule has 0 aromatic heterocycles. The van der Waals surface area contributed by atoms with E-state index in [-0.39, 0.29) is 18.0 Å². The third kappa shape index (κ3) is 3.32. The Morgan fingerprint density at radius 1 is 1.54 bits per heavy atom. The van der Waals surface area contributed by atoms with E-state index in [4.69, 9.17) is 11.5 Å². The van der Waals surface area contributed by atoms with Crippen molar-refractivity contribution in [3.63, 3.8) is 0 Å². The normalized spacial score (nSPS) is 31.0. The highest BCUT2D eigenvalue weighted by Gasteiger charge is 2.21. The second-order valence-corrected chi connectivity index (χ2v) is 3.92. The fourth-order valence-electron chi connectivity index (χ4n) is 1.69. The van der Waals surface area contributed by atoms with Gasteiger partial charge in [-0.1, -0.05) is 0 Å². The van der Waals surface area contributed by atoms with Crippen molar-refractivity contribution in [1.29, 1.82) is 0 Å². The summed E-state index contributed by atoms with van der Waals surface area (Å²) in [4.78, 5) is 11.2. The molecule has 0 heterocycles. The molecule has 76 valence electrons. The molecule has 0 aromatic rings. The lowest BCUT2D eigenvalue weighted by molar-refractivity contribution is -0.122. The number of carbonyl (C=O) groups excluding carboxylic acids is 1. The average molecular weight is 185 g/mol. The van der Waals surface area contributed by atoms with Crippen LogP contribution in [0.15, 0.2) is 0 Å². The van der Waals surface area contributed by atoms with Gasteiger partial charge in [-0.15, -0.1) is 0 Å². The number of hydrogen-bond acceptors (Lipinski definition) is 3. The molecular weight excluding hydrogens is 166 g/mol. The molecule has 1 rings (SSSR count). The molecule has 3 atom stereocenters. The first-order chi connectivity index (χ1) is 6.09. The summed E-state index contributed by atoms with van der Waals surface area (Å²) in [6.45, 7) is 1.69. The number of nitrogens with one attached hydrogen (secondary N) is 1. The van der Waals surface area contributed by atoms with Crippen molar-refractivity contribution < 1.29 is 4.79 Å². The quantitative estimate of drug-likeness (QED) is 0.553. The van der Waals surface area contributed by atoms with Gasteiger partial charge in [0.2, 0.25) is 5.91 Å². The van der Waals surface area contributed by atoms with E-state index < -0.39 is 6.04 Å². The summed E-state index contributed by atoms with van der Waals surface area (Å²) in [6.07, 6.45) is 4.10. The lowest BCUT2D eigenvalue weighted by Gasteiger charge is -2.27. The van der Waals surface area contributed by atoms with E-state index in [1.54, 1.807) is 6.92 Å². The zero-order valence-corrected chi connectivity index (χ0v) is 8.12. The van der Waals surface area contributed by atoms with Gasteiger partial charge in [-0.05, 0) is 32.6 Å². The van der Waals surface area contributed by atoms with Crippen LogP contribution in [0.25, 0.3) is 0 Å². The van der Waals surface area contributed by atoms with Gasteiger partial charge in [0.15, 0.2) is 0 Å². The van der Waals surface area contributed by atoms with E-state index in [1.165, 1.54) is 0 Å². The van der Waals surface area contributed by atoms with E-state index in [9.17, 15) is 4.79 Å². The second-order valence-electron chi connectivity index (χ2n) is 3.92. The van der Waals surface area contributed by atoms with Crippen molar-refractivity contribution >= 4 is 5.91 Å². The van der Waals surface area contributed by atoms with Crippen LogP contribution < -0.4 is 16.8 Å². The zero-order chi connectivity index (χ0) is 9.84. The van der Waals surface area contributed by atoms with Gasteiger partial charge >= 0.3 is 0 Å². The average Bonchev–Trinajstić information content (AvgIpc) is 2.04. The van der Waals surface area contributed by atoms with Crippen LogP contribution in [0.5, 0.6) is 0 Å².